The van der Waals surface area contributed by atoms with Crippen LogP contribution in [0.15, 0.2) is 36.5 Å². The zero-order valence-corrected chi connectivity index (χ0v) is 19.5. The van der Waals surface area contributed by atoms with Gasteiger partial charge < -0.3 is 9.84 Å². The fourth-order valence-electron chi connectivity index (χ4n) is 4.41. The van der Waals surface area contributed by atoms with Crippen molar-refractivity contribution in [2.75, 3.05) is 4.90 Å². The number of aromatic nitrogens is 5. The summed E-state index contributed by atoms with van der Waals surface area (Å²) in [5, 5.41) is 21.2. The molecule has 0 unspecified atom stereocenters. The number of nitrogens with zero attached hydrogens (tertiary/aromatic N) is 6. The number of alkyl halides is 3. The molecule has 8 rings (SSSR count). The second-order valence-electron chi connectivity index (χ2n) is 8.84. The molecule has 3 aromatic rings. The van der Waals surface area contributed by atoms with Crippen molar-refractivity contribution in [3.63, 3.8) is 0 Å². The summed E-state index contributed by atoms with van der Waals surface area (Å²) in [4.78, 5) is 18.6. The molecule has 198 valence electrons. The summed E-state index contributed by atoms with van der Waals surface area (Å²) < 4.78 is 88.9. The smallest absolute Gasteiger partial charge is 0.401 e. The third-order valence-electron chi connectivity index (χ3n) is 6.39. The van der Waals surface area contributed by atoms with Crippen LogP contribution in [0.4, 0.5) is 28.0 Å². The lowest BCUT2D eigenvalue weighted by Gasteiger charge is -2.40. The number of anilines is 1. The topological polar surface area (TPSA) is 151 Å². The van der Waals surface area contributed by atoms with Gasteiger partial charge in [0.2, 0.25) is 5.82 Å². The van der Waals surface area contributed by atoms with Crippen molar-refractivity contribution in [1.82, 2.24) is 25.2 Å². The normalized spacial score (nSPS) is 30.7. The standard InChI is InChI=1S/C20H13F4N6O7P/c21-13-7-11(29-17(32)34-19(18(23,24)16(22)31)20(29)36-38(33,35-19)37-20)4-5-12(13)9-1-6-14(25-8-9)15-26-28-30(27-15)10-2-3-10/h1,4-8,10,16,31H,2-3H2/t16-,19-,20?,38?/m0/s1. The first-order valence-corrected chi connectivity index (χ1v) is 12.5. The van der Waals surface area contributed by atoms with Gasteiger partial charge in [0, 0.05) is 17.3 Å². The van der Waals surface area contributed by atoms with E-state index in [0.29, 0.717) is 17.1 Å². The van der Waals surface area contributed by atoms with Gasteiger partial charge in [0.1, 0.15) is 11.5 Å². The molecule has 1 N–H and O–H groups in total. The highest BCUT2D eigenvalue weighted by molar-refractivity contribution is 7.50. The van der Waals surface area contributed by atoms with E-state index in [2.05, 4.69) is 29.7 Å². The van der Waals surface area contributed by atoms with E-state index in [1.807, 2.05) is 0 Å². The summed E-state index contributed by atoms with van der Waals surface area (Å²) in [6.07, 6.45) is -2.25. The minimum Gasteiger partial charge on any atom is -0.401 e. The predicted molar refractivity (Wildman–Crippen MR) is 112 cm³/mol. The Morgan fingerprint density at radius 3 is 2.58 bits per heavy atom. The molecular formula is C20H13F4N6O7P. The minimum atomic E-state index is -4.98. The molecule has 1 aliphatic carbocycles. The van der Waals surface area contributed by atoms with Crippen LogP contribution in [0.1, 0.15) is 18.9 Å². The summed E-state index contributed by atoms with van der Waals surface area (Å²) in [5.41, 5.74) is 0.270. The van der Waals surface area contributed by atoms with Crippen molar-refractivity contribution in [1.29, 1.82) is 0 Å². The first-order valence-electron chi connectivity index (χ1n) is 11.0. The molecule has 0 radical (unpaired) electrons. The highest BCUT2D eigenvalue weighted by Gasteiger charge is 2.97. The van der Waals surface area contributed by atoms with Crippen molar-refractivity contribution >= 4 is 19.6 Å². The molecule has 1 amide bonds. The maximum Gasteiger partial charge on any atom is 0.487 e. The Morgan fingerprint density at radius 1 is 1.18 bits per heavy atom. The highest BCUT2D eigenvalue weighted by atomic mass is 31.2. The van der Waals surface area contributed by atoms with Crippen molar-refractivity contribution in [3.05, 3.63) is 42.3 Å². The zero-order chi connectivity index (χ0) is 26.7. The van der Waals surface area contributed by atoms with Gasteiger partial charge in [-0.15, -0.1) is 10.2 Å². The van der Waals surface area contributed by atoms with Crippen LogP contribution in [-0.2, 0) is 22.9 Å². The SMILES string of the molecule is O=C1O[C@@]2(C(F)(F)[C@H](O)F)OP3(=O)OC2(O3)N1c1ccc(-c2ccc(-c3nnn(C4CC4)n3)nc2)c(F)c1. The number of carbonyl (C=O) groups excluding carboxylic acids is 1. The average molecular weight is 556 g/mol. The summed E-state index contributed by atoms with van der Waals surface area (Å²) in [7, 11) is -4.67. The Bertz CT molecular complexity index is 1540. The van der Waals surface area contributed by atoms with Crippen LogP contribution in [0.5, 0.6) is 0 Å². The number of halogens is 4. The maximum atomic E-state index is 15.2. The fourth-order valence-corrected chi connectivity index (χ4v) is 6.09. The van der Waals surface area contributed by atoms with Crippen LogP contribution in [0.25, 0.3) is 22.6 Å². The number of benzene rings is 1. The number of tetrazole rings is 1. The number of carbonyl (C=O) groups is 1. The number of phosphoric acid groups is 1. The van der Waals surface area contributed by atoms with Crippen molar-refractivity contribution in [3.8, 4) is 22.6 Å². The van der Waals surface area contributed by atoms with Crippen molar-refractivity contribution < 1.29 is 50.3 Å². The number of amides is 1. The highest BCUT2D eigenvalue weighted by Crippen LogP contribution is 2.82. The molecule has 13 nitrogen and oxygen atoms in total. The van der Waals surface area contributed by atoms with Crippen LogP contribution in [0, 0.1) is 5.82 Å². The first-order chi connectivity index (χ1) is 18.0. The summed E-state index contributed by atoms with van der Waals surface area (Å²) in [6, 6.07) is 6.40. The lowest BCUT2D eigenvalue weighted by molar-refractivity contribution is -0.362. The van der Waals surface area contributed by atoms with E-state index >= 15 is 4.39 Å². The molecule has 38 heavy (non-hydrogen) atoms. The van der Waals surface area contributed by atoms with Gasteiger partial charge in [-0.3, -0.25) is 4.98 Å². The molecule has 2 bridgehead atoms. The van der Waals surface area contributed by atoms with Crippen LogP contribution in [0.2, 0.25) is 0 Å². The third-order valence-corrected chi connectivity index (χ3v) is 7.81. The molecule has 1 aromatic carbocycles. The second-order valence-corrected chi connectivity index (χ2v) is 10.3. The fraction of sp³-hybridized carbons (Fsp3) is 0.350. The van der Waals surface area contributed by atoms with E-state index in [-0.39, 0.29) is 16.5 Å². The number of phosphoric ester groups is 1. The molecule has 2 atom stereocenters. The van der Waals surface area contributed by atoms with Gasteiger partial charge in [-0.05, 0) is 42.3 Å². The van der Waals surface area contributed by atoms with Gasteiger partial charge in [0.15, 0.2) is 0 Å². The Hall–Kier alpha value is -3.50. The van der Waals surface area contributed by atoms with Crippen LogP contribution in [0.3, 0.4) is 0 Å². The van der Waals surface area contributed by atoms with Gasteiger partial charge in [-0.25, -0.2) is 36.6 Å². The van der Waals surface area contributed by atoms with Gasteiger partial charge in [-0.2, -0.15) is 13.6 Å². The molecule has 18 heteroatoms. The second kappa shape index (κ2) is 7.33. The largest absolute Gasteiger partial charge is 0.487 e. The van der Waals surface area contributed by atoms with Gasteiger partial charge in [0.05, 0.1) is 11.7 Å². The molecule has 6 heterocycles. The van der Waals surface area contributed by atoms with E-state index < -0.39 is 49.4 Å². The van der Waals surface area contributed by atoms with Gasteiger partial charge in [-0.1, -0.05) is 6.07 Å². The quantitative estimate of drug-likeness (QED) is 0.352. The van der Waals surface area contributed by atoms with E-state index in [9.17, 15) is 22.5 Å². The van der Waals surface area contributed by atoms with Crippen molar-refractivity contribution in [2.24, 2.45) is 0 Å². The molecular weight excluding hydrogens is 543 g/mol. The van der Waals surface area contributed by atoms with Crippen LogP contribution < -0.4 is 4.90 Å². The van der Waals surface area contributed by atoms with E-state index in [1.165, 1.54) is 23.1 Å². The van der Waals surface area contributed by atoms with E-state index in [0.717, 1.165) is 25.0 Å². The molecule has 2 aromatic heterocycles. The lowest BCUT2D eigenvalue weighted by Crippen LogP contribution is -2.68. The van der Waals surface area contributed by atoms with Crippen LogP contribution in [-0.4, -0.2) is 60.4 Å². The molecule has 5 fully saturated rings. The zero-order valence-electron chi connectivity index (χ0n) is 18.6. The minimum absolute atomic E-state index is 0.00650. The molecule has 4 saturated heterocycles. The number of aliphatic hydroxyl groups excluding tert-OH is 1. The van der Waals surface area contributed by atoms with Gasteiger partial charge >= 0.3 is 31.5 Å². The molecule has 4 aliphatic heterocycles. The maximum absolute atomic E-state index is 15.2. The molecule has 1 spiro atoms. The number of rotatable bonds is 6. The Labute approximate surface area is 208 Å². The number of hydrogen-bond donors (Lipinski definition) is 1. The van der Waals surface area contributed by atoms with Gasteiger partial charge in [0.25, 0.3) is 6.36 Å². The molecule has 1 saturated carbocycles. The number of ether oxygens (including phenoxy) is 1. The van der Waals surface area contributed by atoms with E-state index in [4.69, 9.17) is 14.2 Å². The lowest BCUT2D eigenvalue weighted by atomic mass is 10.0. The van der Waals surface area contributed by atoms with E-state index in [1.54, 1.807) is 6.07 Å². The summed E-state index contributed by atoms with van der Waals surface area (Å²) >= 11 is 0. The molecule has 5 aliphatic rings. The number of aliphatic hydroxyl groups is 1. The summed E-state index contributed by atoms with van der Waals surface area (Å²) in [6.45, 7) is 0. The number of hydrogen-bond acceptors (Lipinski definition) is 11. The van der Waals surface area contributed by atoms with Crippen LogP contribution >= 0.6 is 7.82 Å². The van der Waals surface area contributed by atoms with Crippen molar-refractivity contribution in [2.45, 2.75) is 42.9 Å². The average Bonchev–Trinajstić information content (AvgIpc) is 3.34. The third kappa shape index (κ3) is 2.95. The number of pyridine rings is 1. The monoisotopic (exact) mass is 556 g/mol. The first kappa shape index (κ1) is 23.6. The Kier molecular flexibility index (Phi) is 4.55. The summed E-state index contributed by atoms with van der Waals surface area (Å²) in [5.74, 6) is -12.5. The Morgan fingerprint density at radius 2 is 1.95 bits per heavy atom. The Balaban J connectivity index is 1.20. The predicted octanol–water partition coefficient (Wildman–Crippen LogP) is 3.29.